The Morgan fingerprint density at radius 2 is 2.00 bits per heavy atom. The predicted molar refractivity (Wildman–Crippen MR) is 86.9 cm³/mol. The normalized spacial score (nSPS) is 15.6. The van der Waals surface area contributed by atoms with Crippen LogP contribution in [0.15, 0.2) is 36.5 Å². The Bertz CT molecular complexity index is 706. The Kier molecular flexibility index (Phi) is 4.59. The molecule has 0 unspecified atom stereocenters. The standard InChI is InChI=1S/C16H21N3O2S/c20-22(21,12-13-5-4-6-13)18-10-9-16-17-11-15(19-16)14-7-2-1-3-8-14/h1-3,7-8,11,13,18H,4-6,9-10,12H2,(H,17,19). The molecule has 1 saturated carbocycles. The molecule has 22 heavy (non-hydrogen) atoms. The molecule has 1 aromatic heterocycles. The van der Waals surface area contributed by atoms with Crippen LogP contribution in [-0.4, -0.2) is 30.7 Å². The van der Waals surface area contributed by atoms with Crippen LogP contribution in [0.1, 0.15) is 25.1 Å². The molecule has 1 aromatic carbocycles. The number of benzene rings is 1. The molecule has 2 N–H and O–H groups in total. The number of nitrogens with zero attached hydrogens (tertiary/aromatic N) is 1. The van der Waals surface area contributed by atoms with Gasteiger partial charge in [0.2, 0.25) is 10.0 Å². The van der Waals surface area contributed by atoms with Gasteiger partial charge in [0.25, 0.3) is 0 Å². The summed E-state index contributed by atoms with van der Waals surface area (Å²) in [5.74, 6) is 1.41. The molecule has 0 amide bonds. The molecule has 0 saturated heterocycles. The van der Waals surface area contributed by atoms with Gasteiger partial charge in [0.05, 0.1) is 17.6 Å². The van der Waals surface area contributed by atoms with Crippen molar-refractivity contribution in [3.8, 4) is 11.3 Å². The lowest BCUT2D eigenvalue weighted by molar-refractivity contribution is 0.346. The van der Waals surface area contributed by atoms with E-state index in [2.05, 4.69) is 14.7 Å². The van der Waals surface area contributed by atoms with Crippen LogP contribution in [0.25, 0.3) is 11.3 Å². The van der Waals surface area contributed by atoms with Crippen molar-refractivity contribution < 1.29 is 8.42 Å². The lowest BCUT2D eigenvalue weighted by atomic mass is 9.87. The first-order chi connectivity index (χ1) is 10.6. The molecule has 1 fully saturated rings. The Balaban J connectivity index is 1.51. The monoisotopic (exact) mass is 319 g/mol. The summed E-state index contributed by atoms with van der Waals surface area (Å²) in [5.41, 5.74) is 2.03. The Labute approximate surface area is 131 Å². The molecule has 0 spiro atoms. The van der Waals surface area contributed by atoms with E-state index < -0.39 is 10.0 Å². The second-order valence-corrected chi connectivity index (χ2v) is 7.68. The highest BCUT2D eigenvalue weighted by atomic mass is 32.2. The summed E-state index contributed by atoms with van der Waals surface area (Å²) < 4.78 is 26.5. The van der Waals surface area contributed by atoms with Crippen molar-refractivity contribution in [1.82, 2.24) is 14.7 Å². The van der Waals surface area contributed by atoms with E-state index in [1.54, 1.807) is 6.20 Å². The van der Waals surface area contributed by atoms with E-state index in [0.717, 1.165) is 36.3 Å². The summed E-state index contributed by atoms with van der Waals surface area (Å²) in [6.45, 7) is 0.386. The third-order valence-electron chi connectivity index (χ3n) is 4.08. The van der Waals surface area contributed by atoms with E-state index in [0.29, 0.717) is 18.9 Å². The SMILES string of the molecule is O=S(=O)(CC1CCC1)NCCc1ncc(-c2ccccc2)[nH]1. The molecule has 0 atom stereocenters. The second-order valence-electron chi connectivity index (χ2n) is 5.83. The fraction of sp³-hybridized carbons (Fsp3) is 0.438. The number of imidazole rings is 1. The number of hydrogen-bond donors (Lipinski definition) is 2. The van der Waals surface area contributed by atoms with Crippen LogP contribution in [0.5, 0.6) is 0 Å². The van der Waals surface area contributed by atoms with Crippen LogP contribution in [0.3, 0.4) is 0 Å². The molecule has 1 heterocycles. The van der Waals surface area contributed by atoms with Gasteiger partial charge < -0.3 is 4.98 Å². The number of nitrogens with one attached hydrogen (secondary N) is 2. The molecule has 0 radical (unpaired) electrons. The third kappa shape index (κ3) is 3.96. The number of aromatic nitrogens is 2. The first-order valence-corrected chi connectivity index (χ1v) is 9.34. The maximum Gasteiger partial charge on any atom is 0.211 e. The molecule has 0 bridgehead atoms. The molecule has 1 aliphatic carbocycles. The van der Waals surface area contributed by atoms with Crippen LogP contribution < -0.4 is 4.72 Å². The summed E-state index contributed by atoms with van der Waals surface area (Å²) in [4.78, 5) is 7.54. The summed E-state index contributed by atoms with van der Waals surface area (Å²) in [5, 5.41) is 0. The first-order valence-electron chi connectivity index (χ1n) is 7.69. The van der Waals surface area contributed by atoms with Crippen molar-refractivity contribution in [3.05, 3.63) is 42.4 Å². The van der Waals surface area contributed by atoms with E-state index in [1.807, 2.05) is 30.3 Å². The van der Waals surface area contributed by atoms with E-state index in [9.17, 15) is 8.42 Å². The lowest BCUT2D eigenvalue weighted by Crippen LogP contribution is -2.33. The minimum Gasteiger partial charge on any atom is -0.342 e. The molecule has 1 aliphatic rings. The highest BCUT2D eigenvalue weighted by Gasteiger charge is 2.24. The van der Waals surface area contributed by atoms with E-state index >= 15 is 0 Å². The highest BCUT2D eigenvalue weighted by molar-refractivity contribution is 7.89. The number of sulfonamides is 1. The fourth-order valence-corrected chi connectivity index (χ4v) is 4.09. The van der Waals surface area contributed by atoms with Gasteiger partial charge in [-0.3, -0.25) is 0 Å². The zero-order valence-electron chi connectivity index (χ0n) is 12.5. The van der Waals surface area contributed by atoms with E-state index in [1.165, 1.54) is 0 Å². The summed E-state index contributed by atoms with van der Waals surface area (Å²) in [6, 6.07) is 9.95. The van der Waals surface area contributed by atoms with Crippen molar-refractivity contribution in [2.45, 2.75) is 25.7 Å². The van der Waals surface area contributed by atoms with E-state index in [4.69, 9.17) is 0 Å². The van der Waals surface area contributed by atoms with Crippen LogP contribution in [0.4, 0.5) is 0 Å². The molecule has 3 rings (SSSR count). The Morgan fingerprint density at radius 1 is 1.23 bits per heavy atom. The average Bonchev–Trinajstić information content (AvgIpc) is 2.93. The maximum atomic E-state index is 11.9. The lowest BCUT2D eigenvalue weighted by Gasteiger charge is -2.24. The number of hydrogen-bond acceptors (Lipinski definition) is 3. The van der Waals surface area contributed by atoms with Gasteiger partial charge in [-0.25, -0.2) is 18.1 Å². The Morgan fingerprint density at radius 3 is 2.68 bits per heavy atom. The number of rotatable bonds is 7. The largest absolute Gasteiger partial charge is 0.342 e. The minimum atomic E-state index is -3.15. The Hall–Kier alpha value is -1.66. The van der Waals surface area contributed by atoms with Gasteiger partial charge in [-0.2, -0.15) is 0 Å². The van der Waals surface area contributed by atoms with Gasteiger partial charge in [-0.1, -0.05) is 36.8 Å². The van der Waals surface area contributed by atoms with Gasteiger partial charge in [-0.05, 0) is 24.3 Å². The predicted octanol–water partition coefficient (Wildman–Crippen LogP) is 2.34. The quantitative estimate of drug-likeness (QED) is 0.822. The zero-order valence-corrected chi connectivity index (χ0v) is 13.3. The van der Waals surface area contributed by atoms with Gasteiger partial charge in [0.15, 0.2) is 0 Å². The van der Waals surface area contributed by atoms with Gasteiger partial charge in [0.1, 0.15) is 5.82 Å². The maximum absolute atomic E-state index is 11.9. The van der Waals surface area contributed by atoms with Crippen LogP contribution in [0.2, 0.25) is 0 Å². The first kappa shape index (κ1) is 15.2. The molecule has 118 valence electrons. The van der Waals surface area contributed by atoms with Gasteiger partial charge in [-0.15, -0.1) is 0 Å². The van der Waals surface area contributed by atoms with Crippen LogP contribution in [-0.2, 0) is 16.4 Å². The van der Waals surface area contributed by atoms with Crippen LogP contribution in [0, 0.1) is 5.92 Å². The molecular formula is C16H21N3O2S. The average molecular weight is 319 g/mol. The molecule has 2 aromatic rings. The minimum absolute atomic E-state index is 0.264. The van der Waals surface area contributed by atoms with Gasteiger partial charge in [0, 0.05) is 13.0 Å². The van der Waals surface area contributed by atoms with Crippen molar-refractivity contribution in [3.63, 3.8) is 0 Å². The molecule has 0 aliphatic heterocycles. The summed E-state index contributed by atoms with van der Waals surface area (Å²) in [7, 11) is -3.15. The highest BCUT2D eigenvalue weighted by Crippen LogP contribution is 2.27. The number of H-pyrrole nitrogens is 1. The van der Waals surface area contributed by atoms with Gasteiger partial charge >= 0.3 is 0 Å². The zero-order chi connectivity index (χ0) is 15.4. The van der Waals surface area contributed by atoms with Crippen LogP contribution >= 0.6 is 0 Å². The van der Waals surface area contributed by atoms with Crippen molar-refractivity contribution in [1.29, 1.82) is 0 Å². The topological polar surface area (TPSA) is 74.8 Å². The smallest absolute Gasteiger partial charge is 0.211 e. The molecular weight excluding hydrogens is 298 g/mol. The van der Waals surface area contributed by atoms with E-state index in [-0.39, 0.29) is 5.75 Å². The summed E-state index contributed by atoms with van der Waals surface area (Å²) in [6.07, 6.45) is 5.60. The third-order valence-corrected chi connectivity index (χ3v) is 5.63. The van der Waals surface area contributed by atoms with Crippen molar-refractivity contribution >= 4 is 10.0 Å². The van der Waals surface area contributed by atoms with Crippen molar-refractivity contribution in [2.75, 3.05) is 12.3 Å². The number of aromatic amines is 1. The molecule has 6 heteroatoms. The summed E-state index contributed by atoms with van der Waals surface area (Å²) >= 11 is 0. The second kappa shape index (κ2) is 6.62. The fourth-order valence-electron chi connectivity index (χ4n) is 2.61. The van der Waals surface area contributed by atoms with Crippen molar-refractivity contribution in [2.24, 2.45) is 5.92 Å². The molecule has 5 nitrogen and oxygen atoms in total.